The lowest BCUT2D eigenvalue weighted by molar-refractivity contribution is 0.276. The maximum atomic E-state index is 6.55. The first kappa shape index (κ1) is 14.2. The Kier molecular flexibility index (Phi) is 4.37. The quantitative estimate of drug-likeness (QED) is 0.830. The van der Waals surface area contributed by atoms with Gasteiger partial charge in [0, 0.05) is 5.54 Å². The highest BCUT2D eigenvalue weighted by Gasteiger charge is 2.29. The predicted molar refractivity (Wildman–Crippen MR) is 76.1 cm³/mol. The molecule has 0 amide bonds. The highest BCUT2D eigenvalue weighted by molar-refractivity contribution is 5.34. The Hall–Kier alpha value is -0.820. The molecule has 0 aliphatic rings. The van der Waals surface area contributed by atoms with Crippen molar-refractivity contribution in [2.75, 3.05) is 0 Å². The van der Waals surface area contributed by atoms with Crippen molar-refractivity contribution in [3.8, 4) is 0 Å². The molecule has 0 saturated carbocycles. The second kappa shape index (κ2) is 5.22. The standard InChI is InChI=1S/C16H27N/c1-11(2)9-14(5)16(6,17)15-8-7-12(3)13(4)10-15/h7-8,10-11,14H,9,17H2,1-6H3. The first-order valence-electron chi connectivity index (χ1n) is 6.61. The van der Waals surface area contributed by atoms with Gasteiger partial charge in [0.25, 0.3) is 0 Å². The zero-order chi connectivity index (χ0) is 13.2. The fourth-order valence-electron chi connectivity index (χ4n) is 2.31. The molecule has 17 heavy (non-hydrogen) atoms. The normalized spacial score (nSPS) is 16.9. The van der Waals surface area contributed by atoms with Crippen LogP contribution >= 0.6 is 0 Å². The van der Waals surface area contributed by atoms with Crippen LogP contribution in [0.1, 0.15) is 50.8 Å². The Morgan fingerprint density at radius 2 is 1.71 bits per heavy atom. The number of rotatable bonds is 4. The topological polar surface area (TPSA) is 26.0 Å². The molecule has 0 aromatic heterocycles. The summed E-state index contributed by atoms with van der Waals surface area (Å²) in [6.07, 6.45) is 1.17. The Morgan fingerprint density at radius 1 is 1.12 bits per heavy atom. The van der Waals surface area contributed by atoms with Crippen molar-refractivity contribution in [2.45, 2.75) is 53.5 Å². The average molecular weight is 233 g/mol. The van der Waals surface area contributed by atoms with Crippen LogP contribution in [-0.2, 0) is 5.54 Å². The molecule has 0 aliphatic carbocycles. The molecule has 0 spiro atoms. The summed E-state index contributed by atoms with van der Waals surface area (Å²) < 4.78 is 0. The minimum Gasteiger partial charge on any atom is -0.321 e. The van der Waals surface area contributed by atoms with E-state index in [1.807, 2.05) is 0 Å². The molecule has 1 aromatic rings. The van der Waals surface area contributed by atoms with Crippen LogP contribution in [0.3, 0.4) is 0 Å². The second-order valence-corrected chi connectivity index (χ2v) is 6.11. The summed E-state index contributed by atoms with van der Waals surface area (Å²) in [6, 6.07) is 6.60. The average Bonchev–Trinajstić information content (AvgIpc) is 2.20. The molecule has 0 fully saturated rings. The van der Waals surface area contributed by atoms with Gasteiger partial charge >= 0.3 is 0 Å². The molecule has 2 unspecified atom stereocenters. The zero-order valence-corrected chi connectivity index (χ0v) is 12.2. The number of nitrogens with two attached hydrogens (primary N) is 1. The van der Waals surface area contributed by atoms with Gasteiger partial charge in [-0.15, -0.1) is 0 Å². The summed E-state index contributed by atoms with van der Waals surface area (Å²) in [5.74, 6) is 1.18. The SMILES string of the molecule is Cc1ccc(C(C)(N)C(C)CC(C)C)cc1C. The zero-order valence-electron chi connectivity index (χ0n) is 12.2. The highest BCUT2D eigenvalue weighted by Crippen LogP contribution is 2.31. The number of benzene rings is 1. The summed E-state index contributed by atoms with van der Waals surface area (Å²) >= 11 is 0. The van der Waals surface area contributed by atoms with Gasteiger partial charge in [0.2, 0.25) is 0 Å². The van der Waals surface area contributed by atoms with Gasteiger partial charge in [-0.25, -0.2) is 0 Å². The lowest BCUT2D eigenvalue weighted by Gasteiger charge is -2.34. The lowest BCUT2D eigenvalue weighted by Crippen LogP contribution is -2.40. The van der Waals surface area contributed by atoms with E-state index >= 15 is 0 Å². The van der Waals surface area contributed by atoms with E-state index in [0.717, 1.165) is 0 Å². The molecule has 1 heteroatoms. The summed E-state index contributed by atoms with van der Waals surface area (Å²) in [6.45, 7) is 13.2. The third-order valence-electron chi connectivity index (χ3n) is 3.98. The Balaban J connectivity index is 2.99. The van der Waals surface area contributed by atoms with Crippen LogP contribution in [-0.4, -0.2) is 0 Å². The molecule has 2 atom stereocenters. The van der Waals surface area contributed by atoms with Crippen molar-refractivity contribution in [1.29, 1.82) is 0 Å². The fourth-order valence-corrected chi connectivity index (χ4v) is 2.31. The molecule has 1 aromatic carbocycles. The van der Waals surface area contributed by atoms with E-state index in [-0.39, 0.29) is 5.54 Å². The van der Waals surface area contributed by atoms with Crippen molar-refractivity contribution in [1.82, 2.24) is 0 Å². The number of hydrogen-bond donors (Lipinski definition) is 1. The Bertz CT molecular complexity index is 377. The first-order chi connectivity index (χ1) is 7.75. The Labute approximate surface area is 106 Å². The van der Waals surface area contributed by atoms with Crippen LogP contribution in [0.25, 0.3) is 0 Å². The molecule has 2 N–H and O–H groups in total. The van der Waals surface area contributed by atoms with Gasteiger partial charge in [0.15, 0.2) is 0 Å². The monoisotopic (exact) mass is 233 g/mol. The van der Waals surface area contributed by atoms with E-state index < -0.39 is 0 Å². The number of hydrogen-bond acceptors (Lipinski definition) is 1. The fraction of sp³-hybridized carbons (Fsp3) is 0.625. The third-order valence-corrected chi connectivity index (χ3v) is 3.98. The van der Waals surface area contributed by atoms with Crippen LogP contribution in [0.2, 0.25) is 0 Å². The van der Waals surface area contributed by atoms with E-state index in [9.17, 15) is 0 Å². The van der Waals surface area contributed by atoms with E-state index in [0.29, 0.717) is 11.8 Å². The number of aryl methyl sites for hydroxylation is 2. The predicted octanol–water partition coefficient (Wildman–Crippen LogP) is 4.16. The summed E-state index contributed by atoms with van der Waals surface area (Å²) in [4.78, 5) is 0. The van der Waals surface area contributed by atoms with Crippen LogP contribution < -0.4 is 5.73 Å². The largest absolute Gasteiger partial charge is 0.321 e. The van der Waals surface area contributed by atoms with Gasteiger partial charge in [-0.3, -0.25) is 0 Å². The molecule has 1 nitrogen and oxygen atoms in total. The summed E-state index contributed by atoms with van der Waals surface area (Å²) in [7, 11) is 0. The smallest absolute Gasteiger partial charge is 0.0407 e. The van der Waals surface area contributed by atoms with Crippen LogP contribution in [0.5, 0.6) is 0 Å². The highest BCUT2D eigenvalue weighted by atomic mass is 14.7. The molecular formula is C16H27N. The molecule has 1 rings (SSSR count). The molecule has 0 radical (unpaired) electrons. The van der Waals surface area contributed by atoms with Crippen molar-refractivity contribution in [3.05, 3.63) is 34.9 Å². The van der Waals surface area contributed by atoms with Crippen LogP contribution in [0.4, 0.5) is 0 Å². The van der Waals surface area contributed by atoms with Gasteiger partial charge in [-0.05, 0) is 55.7 Å². The van der Waals surface area contributed by atoms with Gasteiger partial charge in [0.1, 0.15) is 0 Å². The van der Waals surface area contributed by atoms with Crippen molar-refractivity contribution >= 4 is 0 Å². The minimum absolute atomic E-state index is 0.233. The van der Waals surface area contributed by atoms with Crippen molar-refractivity contribution in [2.24, 2.45) is 17.6 Å². The van der Waals surface area contributed by atoms with Gasteiger partial charge in [-0.2, -0.15) is 0 Å². The maximum absolute atomic E-state index is 6.55. The van der Waals surface area contributed by atoms with Crippen molar-refractivity contribution in [3.63, 3.8) is 0 Å². The maximum Gasteiger partial charge on any atom is 0.0407 e. The molecule has 96 valence electrons. The van der Waals surface area contributed by atoms with Gasteiger partial charge in [-0.1, -0.05) is 39.0 Å². The van der Waals surface area contributed by atoms with Crippen molar-refractivity contribution < 1.29 is 0 Å². The molecule has 0 aliphatic heterocycles. The lowest BCUT2D eigenvalue weighted by atomic mass is 9.77. The molecule has 0 heterocycles. The van der Waals surface area contributed by atoms with Gasteiger partial charge in [0.05, 0.1) is 0 Å². The third kappa shape index (κ3) is 3.32. The molecular weight excluding hydrogens is 206 g/mol. The first-order valence-corrected chi connectivity index (χ1v) is 6.61. The van der Waals surface area contributed by atoms with Crippen LogP contribution in [0, 0.1) is 25.7 Å². The van der Waals surface area contributed by atoms with E-state index in [1.165, 1.54) is 23.1 Å². The van der Waals surface area contributed by atoms with E-state index in [4.69, 9.17) is 5.73 Å². The van der Waals surface area contributed by atoms with E-state index in [1.54, 1.807) is 0 Å². The Morgan fingerprint density at radius 3 is 2.18 bits per heavy atom. The van der Waals surface area contributed by atoms with Gasteiger partial charge < -0.3 is 5.73 Å². The summed E-state index contributed by atoms with van der Waals surface area (Å²) in [5.41, 5.74) is 10.2. The molecule has 0 saturated heterocycles. The van der Waals surface area contributed by atoms with Crippen LogP contribution in [0.15, 0.2) is 18.2 Å². The second-order valence-electron chi connectivity index (χ2n) is 6.11. The van der Waals surface area contributed by atoms with E-state index in [2.05, 4.69) is 59.7 Å². The summed E-state index contributed by atoms with van der Waals surface area (Å²) in [5, 5.41) is 0. The minimum atomic E-state index is -0.233. The molecule has 0 bridgehead atoms.